The Hall–Kier alpha value is -3.13. The summed E-state index contributed by atoms with van der Waals surface area (Å²) in [6.45, 7) is 1.69. The second-order valence-electron chi connectivity index (χ2n) is 6.89. The summed E-state index contributed by atoms with van der Waals surface area (Å²) in [5.74, 6) is -0.451. The van der Waals surface area contributed by atoms with Crippen molar-refractivity contribution in [2.45, 2.75) is 36.2 Å². The highest BCUT2D eigenvalue weighted by Gasteiger charge is 2.30. The molecule has 0 radical (unpaired) electrons. The SMILES string of the molecule is CC(Sc1nc2ccccc2c(=O)n1C1CC1)C(=O)NC(=O)Nc1ccccc1. The lowest BCUT2D eigenvalue weighted by molar-refractivity contribution is -0.119. The zero-order valence-electron chi connectivity index (χ0n) is 15.8. The van der Waals surface area contributed by atoms with Crippen LogP contribution in [0.3, 0.4) is 0 Å². The number of aromatic nitrogens is 2. The van der Waals surface area contributed by atoms with Gasteiger partial charge in [0.1, 0.15) is 0 Å². The number of hydrogen-bond donors (Lipinski definition) is 2. The minimum absolute atomic E-state index is 0.0879. The van der Waals surface area contributed by atoms with Crippen molar-refractivity contribution in [1.29, 1.82) is 0 Å². The lowest BCUT2D eigenvalue weighted by Crippen LogP contribution is -2.39. The molecule has 1 aliphatic carbocycles. The molecule has 2 N–H and O–H groups in total. The molecule has 3 amide bonds. The summed E-state index contributed by atoms with van der Waals surface area (Å²) in [5, 5.41) is 5.43. The van der Waals surface area contributed by atoms with Crippen molar-refractivity contribution >= 4 is 40.3 Å². The van der Waals surface area contributed by atoms with Gasteiger partial charge >= 0.3 is 6.03 Å². The van der Waals surface area contributed by atoms with E-state index in [0.717, 1.165) is 12.8 Å². The molecule has 0 aliphatic heterocycles. The van der Waals surface area contributed by atoms with Gasteiger partial charge in [0, 0.05) is 11.7 Å². The van der Waals surface area contributed by atoms with Crippen LogP contribution >= 0.6 is 11.8 Å². The van der Waals surface area contributed by atoms with Crippen LogP contribution in [0.15, 0.2) is 64.5 Å². The van der Waals surface area contributed by atoms with E-state index in [2.05, 4.69) is 15.6 Å². The molecule has 2 aromatic carbocycles. The molecular weight excluding hydrogens is 388 g/mol. The van der Waals surface area contributed by atoms with Crippen LogP contribution in [0.5, 0.6) is 0 Å². The van der Waals surface area contributed by atoms with E-state index in [1.165, 1.54) is 11.8 Å². The molecule has 1 aromatic heterocycles. The largest absolute Gasteiger partial charge is 0.325 e. The van der Waals surface area contributed by atoms with Gasteiger partial charge in [0.05, 0.1) is 16.2 Å². The third kappa shape index (κ3) is 4.32. The molecule has 1 heterocycles. The number of fused-ring (bicyclic) bond motifs is 1. The van der Waals surface area contributed by atoms with Crippen LogP contribution in [0.2, 0.25) is 0 Å². The first-order valence-corrected chi connectivity index (χ1v) is 10.3. The Labute approximate surface area is 171 Å². The summed E-state index contributed by atoms with van der Waals surface area (Å²) in [4.78, 5) is 42.1. The van der Waals surface area contributed by atoms with E-state index < -0.39 is 17.2 Å². The molecule has 29 heavy (non-hydrogen) atoms. The first kappa shape index (κ1) is 19.2. The average Bonchev–Trinajstić information content (AvgIpc) is 3.54. The first-order chi connectivity index (χ1) is 14.0. The molecule has 3 aromatic rings. The predicted octanol–water partition coefficient (Wildman–Crippen LogP) is 3.56. The van der Waals surface area contributed by atoms with Gasteiger partial charge in [0.2, 0.25) is 5.91 Å². The molecule has 8 heteroatoms. The van der Waals surface area contributed by atoms with Crippen LogP contribution < -0.4 is 16.2 Å². The Morgan fingerprint density at radius 2 is 1.79 bits per heavy atom. The van der Waals surface area contributed by atoms with Gasteiger partial charge in [-0.25, -0.2) is 9.78 Å². The number of carbonyl (C=O) groups is 2. The van der Waals surface area contributed by atoms with Gasteiger partial charge in [-0.1, -0.05) is 42.1 Å². The number of benzene rings is 2. The van der Waals surface area contributed by atoms with Gasteiger partial charge in [-0.2, -0.15) is 0 Å². The van der Waals surface area contributed by atoms with Gasteiger partial charge in [-0.15, -0.1) is 0 Å². The number of nitrogens with one attached hydrogen (secondary N) is 2. The molecule has 1 saturated carbocycles. The van der Waals surface area contributed by atoms with Crippen molar-refractivity contribution in [2.24, 2.45) is 0 Å². The number of para-hydroxylation sites is 2. The third-order valence-electron chi connectivity index (χ3n) is 4.61. The van der Waals surface area contributed by atoms with Gasteiger partial charge in [-0.05, 0) is 44.0 Å². The molecule has 1 atom stereocenters. The van der Waals surface area contributed by atoms with E-state index in [9.17, 15) is 14.4 Å². The minimum atomic E-state index is -0.602. The van der Waals surface area contributed by atoms with Crippen molar-refractivity contribution in [2.75, 3.05) is 5.32 Å². The number of thioether (sulfide) groups is 1. The second kappa shape index (κ2) is 8.08. The second-order valence-corrected chi connectivity index (χ2v) is 8.20. The van der Waals surface area contributed by atoms with Crippen LogP contribution in [0.1, 0.15) is 25.8 Å². The summed E-state index contributed by atoms with van der Waals surface area (Å²) in [6, 6.07) is 15.6. The van der Waals surface area contributed by atoms with E-state index >= 15 is 0 Å². The Bertz CT molecular complexity index is 1130. The van der Waals surface area contributed by atoms with E-state index in [4.69, 9.17) is 0 Å². The molecule has 0 bridgehead atoms. The van der Waals surface area contributed by atoms with Crippen LogP contribution in [0, 0.1) is 0 Å². The molecule has 1 unspecified atom stereocenters. The van der Waals surface area contributed by atoms with Crippen LogP contribution in [0.4, 0.5) is 10.5 Å². The van der Waals surface area contributed by atoms with Gasteiger partial charge in [0.15, 0.2) is 5.16 Å². The Morgan fingerprint density at radius 3 is 2.52 bits per heavy atom. The average molecular weight is 408 g/mol. The van der Waals surface area contributed by atoms with Crippen molar-refractivity contribution in [1.82, 2.24) is 14.9 Å². The quantitative estimate of drug-likeness (QED) is 0.497. The maximum Gasteiger partial charge on any atom is 0.325 e. The number of rotatable bonds is 5. The van der Waals surface area contributed by atoms with Crippen molar-refractivity contribution < 1.29 is 9.59 Å². The van der Waals surface area contributed by atoms with Gasteiger partial charge in [-0.3, -0.25) is 19.5 Å². The van der Waals surface area contributed by atoms with Gasteiger partial charge in [0.25, 0.3) is 5.56 Å². The van der Waals surface area contributed by atoms with Crippen LogP contribution in [-0.2, 0) is 4.79 Å². The van der Waals surface area contributed by atoms with Crippen molar-refractivity contribution in [3.63, 3.8) is 0 Å². The number of carbonyl (C=O) groups excluding carboxylic acids is 2. The van der Waals surface area contributed by atoms with Crippen molar-refractivity contribution in [3.8, 4) is 0 Å². The summed E-state index contributed by atoms with van der Waals surface area (Å²) in [7, 11) is 0. The molecule has 7 nitrogen and oxygen atoms in total. The zero-order chi connectivity index (χ0) is 20.4. The first-order valence-electron chi connectivity index (χ1n) is 9.38. The number of amides is 3. The van der Waals surface area contributed by atoms with Gasteiger partial charge < -0.3 is 5.32 Å². The van der Waals surface area contributed by atoms with E-state index in [1.807, 2.05) is 18.2 Å². The normalized spacial score (nSPS) is 14.4. The zero-order valence-corrected chi connectivity index (χ0v) is 16.6. The standard InChI is InChI=1S/C21H20N4O3S/c1-13(18(26)24-20(28)22-14-7-3-2-4-8-14)29-21-23-17-10-6-5-9-16(17)19(27)25(21)15-11-12-15/h2-10,13,15H,11-12H2,1H3,(H2,22,24,26,28). The molecule has 1 fully saturated rings. The Kier molecular flexibility index (Phi) is 5.35. The highest BCUT2D eigenvalue weighted by atomic mass is 32.2. The number of imide groups is 1. The highest BCUT2D eigenvalue weighted by molar-refractivity contribution is 8.00. The molecule has 1 aliphatic rings. The number of urea groups is 1. The smallest absolute Gasteiger partial charge is 0.308 e. The lowest BCUT2D eigenvalue weighted by Gasteiger charge is -2.16. The van der Waals surface area contributed by atoms with E-state index in [0.29, 0.717) is 21.7 Å². The Morgan fingerprint density at radius 1 is 1.10 bits per heavy atom. The summed E-state index contributed by atoms with van der Waals surface area (Å²) in [5.41, 5.74) is 1.11. The maximum atomic E-state index is 12.9. The van der Waals surface area contributed by atoms with Crippen LogP contribution in [-0.4, -0.2) is 26.7 Å². The third-order valence-corrected chi connectivity index (χ3v) is 5.67. The van der Waals surface area contributed by atoms with Crippen LogP contribution in [0.25, 0.3) is 10.9 Å². The summed E-state index contributed by atoms with van der Waals surface area (Å²) < 4.78 is 1.68. The predicted molar refractivity (Wildman–Crippen MR) is 113 cm³/mol. The molecular formula is C21H20N4O3S. The highest BCUT2D eigenvalue weighted by Crippen LogP contribution is 2.37. The molecule has 148 valence electrons. The van der Waals surface area contributed by atoms with E-state index in [1.54, 1.807) is 47.9 Å². The lowest BCUT2D eigenvalue weighted by atomic mass is 10.2. The minimum Gasteiger partial charge on any atom is -0.308 e. The monoisotopic (exact) mass is 408 g/mol. The fourth-order valence-electron chi connectivity index (χ4n) is 2.97. The fourth-order valence-corrected chi connectivity index (χ4v) is 3.95. The molecule has 4 rings (SSSR count). The summed E-state index contributed by atoms with van der Waals surface area (Å²) in [6.07, 6.45) is 1.85. The summed E-state index contributed by atoms with van der Waals surface area (Å²) >= 11 is 1.18. The maximum absolute atomic E-state index is 12.9. The number of anilines is 1. The Balaban J connectivity index is 1.50. The number of nitrogens with zero attached hydrogens (tertiary/aromatic N) is 2. The van der Waals surface area contributed by atoms with Crippen molar-refractivity contribution in [3.05, 3.63) is 65.0 Å². The topological polar surface area (TPSA) is 93.1 Å². The van der Waals surface area contributed by atoms with E-state index in [-0.39, 0.29) is 11.6 Å². The molecule has 0 saturated heterocycles. The fraction of sp³-hybridized carbons (Fsp3) is 0.238. The number of hydrogen-bond acceptors (Lipinski definition) is 5. The molecule has 0 spiro atoms.